The molecule has 0 aliphatic carbocycles. The second-order valence-electron chi connectivity index (χ2n) is 4.09. The Bertz CT molecular complexity index is 629. The van der Waals surface area contributed by atoms with Crippen molar-refractivity contribution in [2.75, 3.05) is 7.11 Å². The number of aryl methyl sites for hydroxylation is 1. The number of methoxy groups -OCH3 is 1. The molecule has 1 amide bonds. The summed E-state index contributed by atoms with van der Waals surface area (Å²) in [5, 5.41) is 0. The van der Waals surface area contributed by atoms with Crippen LogP contribution in [0.5, 0.6) is 5.75 Å². The molecule has 1 aromatic carbocycles. The fourth-order valence-corrected chi connectivity index (χ4v) is 1.74. The number of aromatic nitrogens is 2. The Morgan fingerprint density at radius 2 is 2.26 bits per heavy atom. The van der Waals surface area contributed by atoms with Crippen molar-refractivity contribution in [2.45, 2.75) is 6.92 Å². The van der Waals surface area contributed by atoms with Gasteiger partial charge in [0, 0.05) is 12.3 Å². The van der Waals surface area contributed by atoms with Gasteiger partial charge in [-0.15, -0.1) is 0 Å². The summed E-state index contributed by atoms with van der Waals surface area (Å²) in [5.41, 5.74) is 7.73. The van der Waals surface area contributed by atoms with Crippen molar-refractivity contribution in [1.29, 1.82) is 0 Å². The minimum Gasteiger partial charge on any atom is -0.495 e. The third kappa shape index (κ3) is 3.01. The summed E-state index contributed by atoms with van der Waals surface area (Å²) in [5.74, 6) is 0.220. The fraction of sp³-hybridized carbons (Fsp3) is 0.143. The Balaban J connectivity index is 2.39. The Morgan fingerprint density at radius 3 is 2.84 bits per heavy atom. The molecular formula is C14H15N3O2. The molecule has 0 aliphatic rings. The van der Waals surface area contributed by atoms with E-state index in [4.69, 9.17) is 10.5 Å². The second kappa shape index (κ2) is 5.39. The maximum absolute atomic E-state index is 10.7. The molecule has 2 rings (SSSR count). The number of hydrogen-bond donors (Lipinski definition) is 1. The number of ether oxygens (including phenoxy) is 1. The van der Waals surface area contributed by atoms with Crippen LogP contribution in [0.3, 0.4) is 0 Å². The van der Waals surface area contributed by atoms with Crippen molar-refractivity contribution < 1.29 is 9.53 Å². The first-order valence-corrected chi connectivity index (χ1v) is 5.76. The van der Waals surface area contributed by atoms with Crippen LogP contribution in [0, 0.1) is 6.92 Å². The molecule has 0 saturated heterocycles. The van der Waals surface area contributed by atoms with Gasteiger partial charge >= 0.3 is 0 Å². The first-order chi connectivity index (χ1) is 9.10. The molecule has 2 aromatic rings. The highest BCUT2D eigenvalue weighted by Crippen LogP contribution is 2.25. The number of carbonyl (C=O) groups is 1. The Kier molecular flexibility index (Phi) is 3.66. The molecule has 19 heavy (non-hydrogen) atoms. The summed E-state index contributed by atoms with van der Waals surface area (Å²) in [6, 6.07) is 5.62. The average molecular weight is 257 g/mol. The van der Waals surface area contributed by atoms with Gasteiger partial charge in [0.05, 0.1) is 24.8 Å². The number of imidazole rings is 1. The van der Waals surface area contributed by atoms with Crippen LogP contribution in [0.1, 0.15) is 11.3 Å². The van der Waals surface area contributed by atoms with E-state index >= 15 is 0 Å². The van der Waals surface area contributed by atoms with E-state index in [0.29, 0.717) is 5.75 Å². The average Bonchev–Trinajstić information content (AvgIpc) is 2.82. The molecule has 0 spiro atoms. The lowest BCUT2D eigenvalue weighted by Gasteiger charge is -2.09. The minimum absolute atomic E-state index is 0.478. The van der Waals surface area contributed by atoms with Crippen LogP contribution >= 0.6 is 0 Å². The van der Waals surface area contributed by atoms with E-state index in [1.807, 2.05) is 35.9 Å². The SMILES string of the molecule is COc1cc(C=CC(N)=O)ccc1-n1cnc(C)c1. The number of carbonyl (C=O) groups excluding carboxylic acids is 1. The quantitative estimate of drug-likeness (QED) is 0.847. The number of primary amides is 1. The van der Waals surface area contributed by atoms with Crippen molar-refractivity contribution in [1.82, 2.24) is 9.55 Å². The lowest BCUT2D eigenvalue weighted by molar-refractivity contribution is -0.113. The summed E-state index contributed by atoms with van der Waals surface area (Å²) in [4.78, 5) is 14.9. The molecule has 0 saturated carbocycles. The van der Waals surface area contributed by atoms with E-state index in [-0.39, 0.29) is 0 Å². The third-order valence-electron chi connectivity index (χ3n) is 2.63. The van der Waals surface area contributed by atoms with Gasteiger partial charge in [-0.1, -0.05) is 6.07 Å². The summed E-state index contributed by atoms with van der Waals surface area (Å²) in [7, 11) is 1.60. The van der Waals surface area contributed by atoms with Crippen molar-refractivity contribution in [2.24, 2.45) is 5.73 Å². The van der Waals surface area contributed by atoms with Crippen LogP contribution in [0.25, 0.3) is 11.8 Å². The summed E-state index contributed by atoms with van der Waals surface area (Å²) < 4.78 is 7.24. The van der Waals surface area contributed by atoms with E-state index in [1.54, 1.807) is 19.5 Å². The van der Waals surface area contributed by atoms with Gasteiger partial charge in [0.15, 0.2) is 0 Å². The Morgan fingerprint density at radius 1 is 1.47 bits per heavy atom. The number of nitrogens with zero attached hydrogens (tertiary/aromatic N) is 2. The molecule has 0 unspecified atom stereocenters. The van der Waals surface area contributed by atoms with Crippen LogP contribution in [0.15, 0.2) is 36.8 Å². The van der Waals surface area contributed by atoms with Gasteiger partial charge in [-0.3, -0.25) is 4.79 Å². The predicted octanol–water partition coefficient (Wildman–Crippen LogP) is 1.69. The van der Waals surface area contributed by atoms with Gasteiger partial charge in [0.2, 0.25) is 5.91 Å². The van der Waals surface area contributed by atoms with Crippen LogP contribution in [0.2, 0.25) is 0 Å². The zero-order chi connectivity index (χ0) is 13.8. The molecule has 5 heteroatoms. The molecule has 0 fully saturated rings. The zero-order valence-corrected chi connectivity index (χ0v) is 10.8. The maximum Gasteiger partial charge on any atom is 0.241 e. The standard InChI is InChI=1S/C14H15N3O2/c1-10-8-17(9-16-10)12-5-3-11(4-6-14(15)18)7-13(12)19-2/h3-9H,1-2H3,(H2,15,18). The molecule has 0 aliphatic heterocycles. The molecule has 5 nitrogen and oxygen atoms in total. The van der Waals surface area contributed by atoms with E-state index in [9.17, 15) is 4.79 Å². The summed E-state index contributed by atoms with van der Waals surface area (Å²) >= 11 is 0. The van der Waals surface area contributed by atoms with Crippen molar-refractivity contribution >= 4 is 12.0 Å². The third-order valence-corrected chi connectivity index (χ3v) is 2.63. The number of rotatable bonds is 4. The number of hydrogen-bond acceptors (Lipinski definition) is 3. The first kappa shape index (κ1) is 12.9. The molecule has 1 aromatic heterocycles. The number of benzene rings is 1. The topological polar surface area (TPSA) is 70.1 Å². The monoisotopic (exact) mass is 257 g/mol. The lowest BCUT2D eigenvalue weighted by atomic mass is 10.1. The summed E-state index contributed by atoms with van der Waals surface area (Å²) in [6.45, 7) is 1.92. The zero-order valence-electron chi connectivity index (χ0n) is 10.8. The number of nitrogens with two attached hydrogens (primary N) is 1. The fourth-order valence-electron chi connectivity index (χ4n) is 1.74. The highest BCUT2D eigenvalue weighted by molar-refractivity contribution is 5.90. The van der Waals surface area contributed by atoms with Crippen LogP contribution in [-0.4, -0.2) is 22.6 Å². The van der Waals surface area contributed by atoms with E-state index in [0.717, 1.165) is 16.9 Å². The lowest BCUT2D eigenvalue weighted by Crippen LogP contribution is -2.05. The van der Waals surface area contributed by atoms with Gasteiger partial charge in [-0.2, -0.15) is 0 Å². The normalized spacial score (nSPS) is 10.8. The van der Waals surface area contributed by atoms with Gasteiger partial charge in [0.25, 0.3) is 0 Å². The molecule has 98 valence electrons. The highest BCUT2D eigenvalue weighted by atomic mass is 16.5. The highest BCUT2D eigenvalue weighted by Gasteiger charge is 2.06. The van der Waals surface area contributed by atoms with Gasteiger partial charge < -0.3 is 15.0 Å². The number of amides is 1. The van der Waals surface area contributed by atoms with Crippen molar-refractivity contribution in [3.63, 3.8) is 0 Å². The van der Waals surface area contributed by atoms with Crippen molar-refractivity contribution in [3.8, 4) is 11.4 Å². The van der Waals surface area contributed by atoms with Gasteiger partial charge in [-0.25, -0.2) is 4.98 Å². The molecule has 0 radical (unpaired) electrons. The van der Waals surface area contributed by atoms with E-state index in [2.05, 4.69) is 4.98 Å². The maximum atomic E-state index is 10.7. The molecule has 0 atom stereocenters. The predicted molar refractivity (Wildman–Crippen MR) is 73.1 cm³/mol. The van der Waals surface area contributed by atoms with Gasteiger partial charge in [-0.05, 0) is 30.7 Å². The smallest absolute Gasteiger partial charge is 0.241 e. The van der Waals surface area contributed by atoms with Crippen molar-refractivity contribution in [3.05, 3.63) is 48.1 Å². The van der Waals surface area contributed by atoms with Crippen LogP contribution in [-0.2, 0) is 4.79 Å². The molecular weight excluding hydrogens is 242 g/mol. The first-order valence-electron chi connectivity index (χ1n) is 5.76. The molecule has 2 N–H and O–H groups in total. The van der Waals surface area contributed by atoms with Gasteiger partial charge in [0.1, 0.15) is 5.75 Å². The second-order valence-corrected chi connectivity index (χ2v) is 4.09. The van der Waals surface area contributed by atoms with Crippen LogP contribution in [0.4, 0.5) is 0 Å². The molecule has 0 bridgehead atoms. The van der Waals surface area contributed by atoms with E-state index in [1.165, 1.54) is 6.08 Å². The molecule has 1 heterocycles. The minimum atomic E-state index is -0.478. The van der Waals surface area contributed by atoms with Crippen LogP contribution < -0.4 is 10.5 Å². The largest absolute Gasteiger partial charge is 0.495 e. The van der Waals surface area contributed by atoms with E-state index < -0.39 is 5.91 Å². The Labute approximate surface area is 111 Å². The Hall–Kier alpha value is -2.56. The summed E-state index contributed by atoms with van der Waals surface area (Å²) in [6.07, 6.45) is 6.60.